The predicted molar refractivity (Wildman–Crippen MR) is 89.4 cm³/mol. The molecule has 1 aromatic heterocycles. The van der Waals surface area contributed by atoms with E-state index in [1.807, 2.05) is 44.9 Å². The van der Waals surface area contributed by atoms with Gasteiger partial charge in [-0.25, -0.2) is 0 Å². The number of amides is 1. The molecule has 1 amide bonds. The Morgan fingerprint density at radius 1 is 1.48 bits per heavy atom. The van der Waals surface area contributed by atoms with Crippen molar-refractivity contribution in [3.05, 3.63) is 40.5 Å². The molecule has 0 fully saturated rings. The Morgan fingerprint density at radius 3 is 2.87 bits per heavy atom. The molecule has 1 N–H and O–H groups in total. The van der Waals surface area contributed by atoms with Gasteiger partial charge in [0.05, 0.1) is 12.6 Å². The lowest BCUT2D eigenvalue weighted by atomic mass is 10.2. The van der Waals surface area contributed by atoms with Crippen LogP contribution < -0.4 is 5.32 Å². The molecule has 0 spiro atoms. The second kappa shape index (κ2) is 7.57. The Morgan fingerprint density at radius 2 is 2.22 bits per heavy atom. The minimum atomic E-state index is -0.356. The first kappa shape index (κ1) is 17.4. The van der Waals surface area contributed by atoms with E-state index in [1.165, 1.54) is 0 Å². The SMILES string of the molecule is CCc1noc(CN(C)[C@H](C)C(=O)Nc2cccc(Cl)c2C)n1. The minimum Gasteiger partial charge on any atom is -0.338 e. The largest absolute Gasteiger partial charge is 0.338 e. The molecular weight excluding hydrogens is 316 g/mol. The van der Waals surface area contributed by atoms with Crippen LogP contribution in [0, 0.1) is 6.92 Å². The van der Waals surface area contributed by atoms with Crippen molar-refractivity contribution in [1.82, 2.24) is 15.0 Å². The molecule has 2 rings (SSSR count). The van der Waals surface area contributed by atoms with Crippen LogP contribution in [-0.2, 0) is 17.8 Å². The molecule has 1 heterocycles. The monoisotopic (exact) mass is 336 g/mol. The summed E-state index contributed by atoms with van der Waals surface area (Å²) in [5, 5.41) is 7.38. The molecule has 6 nitrogen and oxygen atoms in total. The van der Waals surface area contributed by atoms with E-state index in [-0.39, 0.29) is 11.9 Å². The van der Waals surface area contributed by atoms with Gasteiger partial charge in [-0.3, -0.25) is 9.69 Å². The first-order chi connectivity index (χ1) is 10.9. The zero-order valence-electron chi connectivity index (χ0n) is 13.8. The second-order valence-electron chi connectivity index (χ2n) is 5.45. The number of rotatable bonds is 6. The van der Waals surface area contributed by atoms with Crippen LogP contribution in [0.25, 0.3) is 0 Å². The number of carbonyl (C=O) groups excluding carboxylic acids is 1. The third-order valence-corrected chi connectivity index (χ3v) is 4.19. The molecule has 23 heavy (non-hydrogen) atoms. The summed E-state index contributed by atoms with van der Waals surface area (Å²) in [4.78, 5) is 18.5. The number of nitrogens with zero attached hydrogens (tertiary/aromatic N) is 3. The Kier molecular flexibility index (Phi) is 5.74. The molecule has 0 unspecified atom stereocenters. The molecule has 0 aliphatic rings. The molecule has 0 saturated heterocycles. The van der Waals surface area contributed by atoms with Crippen molar-refractivity contribution in [3.63, 3.8) is 0 Å². The smallest absolute Gasteiger partial charge is 0.241 e. The number of halogens is 1. The van der Waals surface area contributed by atoms with Crippen molar-refractivity contribution >= 4 is 23.2 Å². The van der Waals surface area contributed by atoms with E-state index in [0.717, 1.165) is 12.0 Å². The maximum absolute atomic E-state index is 12.4. The van der Waals surface area contributed by atoms with Gasteiger partial charge in [-0.1, -0.05) is 29.7 Å². The normalized spacial score (nSPS) is 12.4. The molecule has 0 saturated carbocycles. The average molecular weight is 337 g/mol. The van der Waals surface area contributed by atoms with Crippen LogP contribution in [0.15, 0.2) is 22.7 Å². The van der Waals surface area contributed by atoms with Crippen molar-refractivity contribution in [2.75, 3.05) is 12.4 Å². The molecule has 1 atom stereocenters. The molecule has 7 heteroatoms. The highest BCUT2D eigenvalue weighted by atomic mass is 35.5. The van der Waals surface area contributed by atoms with Gasteiger partial charge >= 0.3 is 0 Å². The van der Waals surface area contributed by atoms with Gasteiger partial charge < -0.3 is 9.84 Å². The number of likely N-dealkylation sites (N-methyl/N-ethyl adjacent to an activating group) is 1. The number of anilines is 1. The highest BCUT2D eigenvalue weighted by molar-refractivity contribution is 6.31. The lowest BCUT2D eigenvalue weighted by molar-refractivity contribution is -0.120. The van der Waals surface area contributed by atoms with Crippen molar-refractivity contribution in [1.29, 1.82) is 0 Å². The number of hydrogen-bond acceptors (Lipinski definition) is 5. The van der Waals surface area contributed by atoms with Gasteiger partial charge in [0.15, 0.2) is 5.82 Å². The fraction of sp³-hybridized carbons (Fsp3) is 0.438. The Balaban J connectivity index is 1.99. The molecule has 0 aliphatic carbocycles. The minimum absolute atomic E-state index is 0.118. The van der Waals surface area contributed by atoms with E-state index in [9.17, 15) is 4.79 Å². The molecular formula is C16H21ClN4O2. The first-order valence-electron chi connectivity index (χ1n) is 7.50. The topological polar surface area (TPSA) is 71.3 Å². The fourth-order valence-electron chi connectivity index (χ4n) is 2.03. The molecule has 124 valence electrons. The molecule has 0 bridgehead atoms. The van der Waals surface area contributed by atoms with Crippen LogP contribution in [0.2, 0.25) is 5.02 Å². The Hall–Kier alpha value is -1.92. The molecule has 1 aromatic carbocycles. The van der Waals surface area contributed by atoms with Gasteiger partial charge in [0.1, 0.15) is 0 Å². The maximum atomic E-state index is 12.4. The quantitative estimate of drug-likeness (QED) is 0.877. The van der Waals surface area contributed by atoms with Crippen molar-refractivity contribution in [3.8, 4) is 0 Å². The number of aromatic nitrogens is 2. The van der Waals surface area contributed by atoms with Crippen LogP contribution in [0.5, 0.6) is 0 Å². The van der Waals surface area contributed by atoms with Crippen LogP contribution >= 0.6 is 11.6 Å². The highest BCUT2D eigenvalue weighted by Crippen LogP contribution is 2.23. The number of nitrogens with one attached hydrogen (secondary N) is 1. The van der Waals surface area contributed by atoms with Gasteiger partial charge in [0, 0.05) is 17.1 Å². The van der Waals surface area contributed by atoms with Gasteiger partial charge in [0.25, 0.3) is 0 Å². The predicted octanol–water partition coefficient (Wildman–Crippen LogP) is 3.05. The van der Waals surface area contributed by atoms with E-state index in [4.69, 9.17) is 16.1 Å². The van der Waals surface area contributed by atoms with Gasteiger partial charge in [-0.05, 0) is 38.6 Å². The lowest BCUT2D eigenvalue weighted by Crippen LogP contribution is -2.39. The van der Waals surface area contributed by atoms with Gasteiger partial charge in [-0.2, -0.15) is 4.98 Å². The number of aryl methyl sites for hydroxylation is 1. The standard InChI is InChI=1S/C16H21ClN4O2/c1-5-14-19-15(23-20-14)9-21(4)11(3)16(22)18-13-8-6-7-12(17)10(13)2/h6-8,11H,5,9H2,1-4H3,(H,18,22)/t11-/m1/s1. The summed E-state index contributed by atoms with van der Waals surface area (Å²) in [6.45, 7) is 6.07. The summed E-state index contributed by atoms with van der Waals surface area (Å²) in [5.74, 6) is 1.05. The molecule has 2 aromatic rings. The summed E-state index contributed by atoms with van der Waals surface area (Å²) in [6.07, 6.45) is 0.720. The van der Waals surface area contributed by atoms with Crippen LogP contribution in [-0.4, -0.2) is 34.0 Å². The van der Waals surface area contributed by atoms with E-state index < -0.39 is 0 Å². The molecule has 0 aliphatic heterocycles. The second-order valence-corrected chi connectivity index (χ2v) is 5.86. The first-order valence-corrected chi connectivity index (χ1v) is 7.87. The van der Waals surface area contributed by atoms with Gasteiger partial charge in [-0.15, -0.1) is 0 Å². The summed E-state index contributed by atoms with van der Waals surface area (Å²) in [6, 6.07) is 5.08. The fourth-order valence-corrected chi connectivity index (χ4v) is 2.20. The van der Waals surface area contributed by atoms with E-state index in [2.05, 4.69) is 15.5 Å². The van der Waals surface area contributed by atoms with E-state index >= 15 is 0 Å². The van der Waals surface area contributed by atoms with E-state index in [1.54, 1.807) is 6.07 Å². The summed E-state index contributed by atoms with van der Waals surface area (Å²) >= 11 is 6.07. The van der Waals surface area contributed by atoms with Crippen LogP contribution in [0.1, 0.15) is 31.1 Å². The Bertz CT molecular complexity index is 686. The Labute approximate surface area is 140 Å². The maximum Gasteiger partial charge on any atom is 0.241 e. The van der Waals surface area contributed by atoms with Crippen molar-refractivity contribution in [2.45, 2.75) is 39.8 Å². The number of benzene rings is 1. The van der Waals surface area contributed by atoms with Gasteiger partial charge in [0.2, 0.25) is 11.8 Å². The summed E-state index contributed by atoms with van der Waals surface area (Å²) < 4.78 is 5.16. The highest BCUT2D eigenvalue weighted by Gasteiger charge is 2.21. The van der Waals surface area contributed by atoms with E-state index in [0.29, 0.717) is 29.0 Å². The third-order valence-electron chi connectivity index (χ3n) is 3.78. The van der Waals surface area contributed by atoms with Crippen LogP contribution in [0.4, 0.5) is 5.69 Å². The number of hydrogen-bond donors (Lipinski definition) is 1. The average Bonchev–Trinajstić information content (AvgIpc) is 2.98. The number of carbonyl (C=O) groups is 1. The third kappa shape index (κ3) is 4.30. The van der Waals surface area contributed by atoms with Crippen molar-refractivity contribution in [2.24, 2.45) is 0 Å². The van der Waals surface area contributed by atoms with Crippen LogP contribution in [0.3, 0.4) is 0 Å². The zero-order valence-corrected chi connectivity index (χ0v) is 14.5. The zero-order chi connectivity index (χ0) is 17.0. The summed E-state index contributed by atoms with van der Waals surface area (Å²) in [7, 11) is 1.84. The molecule has 0 radical (unpaired) electrons. The van der Waals surface area contributed by atoms with Crippen molar-refractivity contribution < 1.29 is 9.32 Å². The lowest BCUT2D eigenvalue weighted by Gasteiger charge is -2.22. The summed E-state index contributed by atoms with van der Waals surface area (Å²) in [5.41, 5.74) is 1.57.